The minimum absolute atomic E-state index is 0.102. The van der Waals surface area contributed by atoms with E-state index in [2.05, 4.69) is 4.72 Å². The molecule has 5 nitrogen and oxygen atoms in total. The number of nitrogens with one attached hydrogen (secondary N) is 1. The maximum Gasteiger partial charge on any atom is 0.219 e. The normalized spacial score (nSPS) is 16.5. The van der Waals surface area contributed by atoms with Gasteiger partial charge < -0.3 is 4.90 Å². The van der Waals surface area contributed by atoms with Crippen LogP contribution in [0.4, 0.5) is 0 Å². The first-order chi connectivity index (χ1) is 11.0. The number of hydrogen-bond donors (Lipinski definition) is 1. The molecule has 1 saturated heterocycles. The van der Waals surface area contributed by atoms with Crippen LogP contribution >= 0.6 is 0 Å². The van der Waals surface area contributed by atoms with Gasteiger partial charge in [0, 0.05) is 26.6 Å². The van der Waals surface area contributed by atoms with Crippen LogP contribution in [0.3, 0.4) is 0 Å². The summed E-state index contributed by atoms with van der Waals surface area (Å²) < 4.78 is 26.8. The molecule has 0 spiro atoms. The maximum absolute atomic E-state index is 12.1. The Labute approximate surface area is 139 Å². The zero-order valence-corrected chi connectivity index (χ0v) is 14.5. The van der Waals surface area contributed by atoms with Crippen LogP contribution in [0.25, 0.3) is 0 Å². The van der Waals surface area contributed by atoms with Gasteiger partial charge in [-0.1, -0.05) is 30.3 Å². The van der Waals surface area contributed by atoms with Crippen LogP contribution in [0.1, 0.15) is 31.7 Å². The van der Waals surface area contributed by atoms with Crippen LogP contribution in [-0.4, -0.2) is 44.6 Å². The lowest BCUT2D eigenvalue weighted by Crippen LogP contribution is -2.41. The third kappa shape index (κ3) is 6.31. The van der Waals surface area contributed by atoms with E-state index >= 15 is 0 Å². The molecular weight excluding hydrogens is 312 g/mol. The summed E-state index contributed by atoms with van der Waals surface area (Å²) in [6.45, 7) is 3.53. The fraction of sp³-hybridized carbons (Fsp3) is 0.588. The highest BCUT2D eigenvalue weighted by Gasteiger charge is 2.22. The lowest BCUT2D eigenvalue weighted by molar-refractivity contribution is -0.130. The van der Waals surface area contributed by atoms with E-state index in [1.54, 1.807) is 6.92 Å². The highest BCUT2D eigenvalue weighted by Crippen LogP contribution is 2.16. The van der Waals surface area contributed by atoms with Crippen LogP contribution in [0.2, 0.25) is 0 Å². The summed E-state index contributed by atoms with van der Waals surface area (Å²) >= 11 is 0. The number of amides is 1. The molecule has 0 bridgehead atoms. The lowest BCUT2D eigenvalue weighted by atomic mass is 9.97. The molecule has 1 amide bonds. The fourth-order valence-corrected chi connectivity index (χ4v) is 4.04. The lowest BCUT2D eigenvalue weighted by Gasteiger charge is -2.31. The second-order valence-electron chi connectivity index (χ2n) is 6.21. The van der Waals surface area contributed by atoms with Crippen molar-refractivity contribution in [3.8, 4) is 0 Å². The monoisotopic (exact) mass is 338 g/mol. The van der Waals surface area contributed by atoms with Gasteiger partial charge in [0.1, 0.15) is 0 Å². The smallest absolute Gasteiger partial charge is 0.219 e. The molecule has 1 aliphatic heterocycles. The highest BCUT2D eigenvalue weighted by molar-refractivity contribution is 7.89. The van der Waals surface area contributed by atoms with Gasteiger partial charge in [-0.15, -0.1) is 0 Å². The summed E-state index contributed by atoms with van der Waals surface area (Å²) in [6.07, 6.45) is 3.14. The Morgan fingerprint density at radius 2 is 1.87 bits per heavy atom. The molecule has 128 valence electrons. The van der Waals surface area contributed by atoms with E-state index in [0.29, 0.717) is 18.9 Å². The molecule has 1 heterocycles. The molecule has 0 unspecified atom stereocenters. The average molecular weight is 338 g/mol. The van der Waals surface area contributed by atoms with E-state index in [0.717, 1.165) is 32.4 Å². The zero-order valence-electron chi connectivity index (χ0n) is 13.7. The Hall–Kier alpha value is -1.40. The van der Waals surface area contributed by atoms with E-state index in [4.69, 9.17) is 0 Å². The van der Waals surface area contributed by atoms with Gasteiger partial charge in [-0.3, -0.25) is 4.79 Å². The molecule has 0 aliphatic carbocycles. The third-order valence-corrected chi connectivity index (χ3v) is 5.81. The number of carbonyl (C=O) groups is 1. The van der Waals surface area contributed by atoms with Crippen molar-refractivity contribution < 1.29 is 13.2 Å². The van der Waals surface area contributed by atoms with Gasteiger partial charge in [0.15, 0.2) is 0 Å². The van der Waals surface area contributed by atoms with Crippen LogP contribution in [0.15, 0.2) is 30.3 Å². The number of likely N-dealkylation sites (tertiary alicyclic amines) is 1. The van der Waals surface area contributed by atoms with Crippen molar-refractivity contribution in [1.82, 2.24) is 9.62 Å². The van der Waals surface area contributed by atoms with Crippen molar-refractivity contribution in [3.63, 3.8) is 0 Å². The van der Waals surface area contributed by atoms with Crippen molar-refractivity contribution in [2.24, 2.45) is 5.92 Å². The first-order valence-corrected chi connectivity index (χ1v) is 9.88. The Balaban J connectivity index is 1.67. The summed E-state index contributed by atoms with van der Waals surface area (Å²) in [5.41, 5.74) is 1.17. The summed E-state index contributed by atoms with van der Waals surface area (Å²) in [6, 6.07) is 9.93. The number of carbonyl (C=O) groups excluding carboxylic acids is 1. The zero-order chi connectivity index (χ0) is 16.7. The summed E-state index contributed by atoms with van der Waals surface area (Å²) in [5.74, 6) is 0.591. The number of piperidine rings is 1. The minimum atomic E-state index is -3.21. The van der Waals surface area contributed by atoms with E-state index in [1.807, 2.05) is 35.2 Å². The molecule has 1 aromatic carbocycles. The number of aryl methyl sites for hydroxylation is 1. The molecule has 23 heavy (non-hydrogen) atoms. The minimum Gasteiger partial charge on any atom is -0.343 e. The van der Waals surface area contributed by atoms with E-state index in [9.17, 15) is 13.2 Å². The Morgan fingerprint density at radius 1 is 1.22 bits per heavy atom. The molecule has 0 atom stereocenters. The second kappa shape index (κ2) is 8.45. The van der Waals surface area contributed by atoms with Crippen molar-refractivity contribution in [1.29, 1.82) is 0 Å². The van der Waals surface area contributed by atoms with E-state index in [1.165, 1.54) is 5.56 Å². The van der Waals surface area contributed by atoms with Gasteiger partial charge in [0.05, 0.1) is 5.75 Å². The first-order valence-electron chi connectivity index (χ1n) is 8.23. The molecule has 1 fully saturated rings. The standard InChI is InChI=1S/C17H26N2O3S/c1-15(20)19-11-9-17(10-12-19)14-18-23(21,22)13-5-8-16-6-3-2-4-7-16/h2-4,6-7,17-18H,5,8-14H2,1H3. The van der Waals surface area contributed by atoms with Crippen LogP contribution in [-0.2, 0) is 21.2 Å². The van der Waals surface area contributed by atoms with Crippen molar-refractivity contribution >= 4 is 15.9 Å². The Bertz CT molecular complexity index is 594. The SMILES string of the molecule is CC(=O)N1CCC(CNS(=O)(=O)CCCc2ccccc2)CC1. The predicted octanol–water partition coefficient (Wildman–Crippen LogP) is 1.80. The molecule has 0 aromatic heterocycles. The molecule has 2 rings (SSSR count). The van der Waals surface area contributed by atoms with Gasteiger partial charge in [-0.2, -0.15) is 0 Å². The number of sulfonamides is 1. The Kier molecular flexibility index (Phi) is 6.59. The second-order valence-corrected chi connectivity index (χ2v) is 8.13. The van der Waals surface area contributed by atoms with Crippen LogP contribution in [0, 0.1) is 5.92 Å². The average Bonchev–Trinajstić information content (AvgIpc) is 2.54. The number of benzene rings is 1. The molecule has 1 N–H and O–H groups in total. The van der Waals surface area contributed by atoms with Gasteiger partial charge in [0.2, 0.25) is 15.9 Å². The summed E-state index contributed by atoms with van der Waals surface area (Å²) in [5, 5.41) is 0. The molecule has 6 heteroatoms. The summed E-state index contributed by atoms with van der Waals surface area (Å²) in [4.78, 5) is 13.1. The van der Waals surface area contributed by atoms with Crippen molar-refractivity contribution in [2.45, 2.75) is 32.6 Å². The van der Waals surface area contributed by atoms with Crippen molar-refractivity contribution in [2.75, 3.05) is 25.4 Å². The number of hydrogen-bond acceptors (Lipinski definition) is 3. The molecule has 0 saturated carbocycles. The molecule has 1 aromatic rings. The van der Waals surface area contributed by atoms with Gasteiger partial charge in [-0.25, -0.2) is 13.1 Å². The summed E-state index contributed by atoms with van der Waals surface area (Å²) in [7, 11) is -3.21. The molecular formula is C17H26N2O3S. The van der Waals surface area contributed by atoms with Crippen LogP contribution < -0.4 is 4.72 Å². The first kappa shape index (κ1) is 17.9. The van der Waals surface area contributed by atoms with E-state index in [-0.39, 0.29) is 11.7 Å². The van der Waals surface area contributed by atoms with Gasteiger partial charge in [0.25, 0.3) is 0 Å². The van der Waals surface area contributed by atoms with Gasteiger partial charge in [-0.05, 0) is 37.2 Å². The number of rotatable bonds is 7. The maximum atomic E-state index is 12.1. The van der Waals surface area contributed by atoms with Gasteiger partial charge >= 0.3 is 0 Å². The third-order valence-electron chi connectivity index (χ3n) is 4.37. The fourth-order valence-electron chi connectivity index (χ4n) is 2.88. The van der Waals surface area contributed by atoms with E-state index < -0.39 is 10.0 Å². The van der Waals surface area contributed by atoms with Crippen molar-refractivity contribution in [3.05, 3.63) is 35.9 Å². The highest BCUT2D eigenvalue weighted by atomic mass is 32.2. The topological polar surface area (TPSA) is 66.5 Å². The largest absolute Gasteiger partial charge is 0.343 e. The Morgan fingerprint density at radius 3 is 2.48 bits per heavy atom. The predicted molar refractivity (Wildman–Crippen MR) is 91.5 cm³/mol. The molecule has 0 radical (unpaired) electrons. The molecule has 1 aliphatic rings. The van der Waals surface area contributed by atoms with Crippen LogP contribution in [0.5, 0.6) is 0 Å². The quantitative estimate of drug-likeness (QED) is 0.824. The number of nitrogens with zero attached hydrogens (tertiary/aromatic N) is 1.